The fourth-order valence-electron chi connectivity index (χ4n) is 4.85. The zero-order valence-corrected chi connectivity index (χ0v) is 19.3. The van der Waals surface area contributed by atoms with Crippen LogP contribution in [-0.4, -0.2) is 48.7 Å². The summed E-state index contributed by atoms with van der Waals surface area (Å²) in [5.41, 5.74) is 6.54. The average molecular weight is 461 g/mol. The summed E-state index contributed by atoms with van der Waals surface area (Å²) in [5.74, 6) is -0.112. The van der Waals surface area contributed by atoms with Crippen LogP contribution in [0.15, 0.2) is 59.2 Å². The second kappa shape index (κ2) is 9.65. The van der Waals surface area contributed by atoms with Crippen LogP contribution in [0.4, 0.5) is 0 Å². The Labute approximate surface area is 199 Å². The van der Waals surface area contributed by atoms with E-state index >= 15 is 0 Å². The molecule has 1 saturated heterocycles. The molecule has 1 aromatic carbocycles. The van der Waals surface area contributed by atoms with Gasteiger partial charge in [-0.25, -0.2) is 0 Å². The third-order valence-corrected chi connectivity index (χ3v) is 7.25. The number of likely N-dealkylation sites (tertiary alicyclic amines) is 1. The van der Waals surface area contributed by atoms with Crippen molar-refractivity contribution in [3.63, 3.8) is 0 Å². The lowest BCUT2D eigenvalue weighted by Gasteiger charge is -2.42. The monoisotopic (exact) mass is 460 g/mol. The Kier molecular flexibility index (Phi) is 6.65. The molecular weight excluding hydrogens is 432 g/mol. The zero-order chi connectivity index (χ0) is 24.2. The van der Waals surface area contributed by atoms with Gasteiger partial charge in [-0.1, -0.05) is 12.2 Å². The van der Waals surface area contributed by atoms with Gasteiger partial charge in [0.15, 0.2) is 5.76 Å². The summed E-state index contributed by atoms with van der Waals surface area (Å²) in [6.45, 7) is 0.362. The van der Waals surface area contributed by atoms with Crippen LogP contribution >= 0.6 is 0 Å². The van der Waals surface area contributed by atoms with Crippen molar-refractivity contribution in [2.75, 3.05) is 26.8 Å². The number of carbonyl (C=O) groups is 2. The molecule has 0 spiro atoms. The maximum Gasteiger partial charge on any atom is 0.315 e. The molecule has 1 atom stereocenters. The number of nitrogens with zero attached hydrogens (tertiary/aromatic N) is 2. The van der Waals surface area contributed by atoms with Gasteiger partial charge in [-0.05, 0) is 67.8 Å². The Hall–Kier alpha value is -3.71. The van der Waals surface area contributed by atoms with Gasteiger partial charge < -0.3 is 19.5 Å². The average Bonchev–Trinajstić information content (AvgIpc) is 3.28. The molecule has 7 heteroatoms. The van der Waals surface area contributed by atoms with Gasteiger partial charge in [0.1, 0.15) is 17.8 Å². The van der Waals surface area contributed by atoms with Crippen LogP contribution in [0, 0.1) is 22.2 Å². The quantitative estimate of drug-likeness (QED) is 0.554. The summed E-state index contributed by atoms with van der Waals surface area (Å²) < 4.78 is 11.0. The summed E-state index contributed by atoms with van der Waals surface area (Å²) in [5, 5.41) is 18.9. The third kappa shape index (κ3) is 4.52. The predicted molar refractivity (Wildman–Crippen MR) is 124 cm³/mol. The van der Waals surface area contributed by atoms with E-state index in [0.29, 0.717) is 36.5 Å². The van der Waals surface area contributed by atoms with Gasteiger partial charge in [-0.2, -0.15) is 5.26 Å². The lowest BCUT2D eigenvalue weighted by atomic mass is 9.61. The highest BCUT2D eigenvalue weighted by Gasteiger charge is 2.47. The molecule has 34 heavy (non-hydrogen) atoms. The minimum Gasteiger partial charge on any atom is -0.497 e. The minimum atomic E-state index is -1.18. The number of nitriles is 1. The second-order valence-electron chi connectivity index (χ2n) is 9.23. The second-order valence-corrected chi connectivity index (χ2v) is 9.23. The largest absolute Gasteiger partial charge is 0.497 e. The fourth-order valence-corrected chi connectivity index (χ4v) is 4.85. The molecule has 1 heterocycles. The van der Waals surface area contributed by atoms with Crippen molar-refractivity contribution in [1.29, 1.82) is 5.26 Å². The van der Waals surface area contributed by atoms with Crippen LogP contribution < -0.4 is 4.74 Å². The van der Waals surface area contributed by atoms with E-state index in [1.807, 2.05) is 6.08 Å². The van der Waals surface area contributed by atoms with Crippen LogP contribution in [0.3, 0.4) is 0 Å². The molecule has 1 unspecified atom stereocenters. The predicted octanol–water partition coefficient (Wildman–Crippen LogP) is 4.24. The zero-order valence-electron chi connectivity index (χ0n) is 19.3. The fraction of sp³-hybridized carbons (Fsp3) is 0.444. The van der Waals surface area contributed by atoms with Gasteiger partial charge in [0.25, 0.3) is 5.91 Å². The summed E-state index contributed by atoms with van der Waals surface area (Å²) in [7, 11) is 1.56. The normalized spacial score (nSPS) is 22.3. The van der Waals surface area contributed by atoms with Crippen molar-refractivity contribution in [3.05, 3.63) is 64.8 Å². The molecule has 7 nitrogen and oxygen atoms in total. The molecule has 1 saturated carbocycles. The first-order valence-electron chi connectivity index (χ1n) is 11.5. The number of carbonyl (C=O) groups excluding carboxylic acids is 1. The number of hydrogen-bond acceptors (Lipinski definition) is 5. The number of aliphatic carboxylic acids is 1. The molecule has 176 valence electrons. The SMILES string of the molecule is COc1ccc(C(=O)N2CCC(COC3=C=C=C(C4(CCC#N)CCC4)C=C3)(C(=O)O)C2)cc1. The molecule has 2 aliphatic carbocycles. The van der Waals surface area contributed by atoms with E-state index in [0.717, 1.165) is 31.3 Å². The summed E-state index contributed by atoms with van der Waals surface area (Å²) in [6.07, 6.45) is 8.60. The van der Waals surface area contributed by atoms with Crippen LogP contribution in [0.25, 0.3) is 0 Å². The van der Waals surface area contributed by atoms with E-state index in [2.05, 4.69) is 17.5 Å². The summed E-state index contributed by atoms with van der Waals surface area (Å²) in [6, 6.07) is 9.00. The maximum atomic E-state index is 12.9. The Morgan fingerprint density at radius 3 is 2.50 bits per heavy atom. The molecule has 1 aliphatic heterocycles. The van der Waals surface area contributed by atoms with Crippen LogP contribution in [0.2, 0.25) is 0 Å². The number of ether oxygens (including phenoxy) is 2. The molecule has 0 bridgehead atoms. The molecule has 2 fully saturated rings. The first-order valence-corrected chi connectivity index (χ1v) is 11.5. The van der Waals surface area contributed by atoms with Crippen LogP contribution in [0.1, 0.15) is 48.9 Å². The molecule has 1 amide bonds. The highest BCUT2D eigenvalue weighted by Crippen LogP contribution is 2.51. The van der Waals surface area contributed by atoms with Gasteiger partial charge in [-0.15, -0.1) is 0 Å². The Balaban J connectivity index is 1.44. The topological polar surface area (TPSA) is 99.9 Å². The first kappa shape index (κ1) is 23.4. The van der Waals surface area contributed by atoms with Gasteiger partial charge in [0.05, 0.1) is 13.2 Å². The van der Waals surface area contributed by atoms with Gasteiger partial charge in [0.2, 0.25) is 0 Å². The number of hydrogen-bond donors (Lipinski definition) is 1. The Morgan fingerprint density at radius 1 is 1.18 bits per heavy atom. The molecule has 1 aromatic rings. The van der Waals surface area contributed by atoms with E-state index < -0.39 is 11.4 Å². The van der Waals surface area contributed by atoms with E-state index in [1.54, 1.807) is 42.4 Å². The van der Waals surface area contributed by atoms with E-state index in [1.165, 1.54) is 0 Å². The maximum absolute atomic E-state index is 12.9. The molecule has 1 N–H and O–H groups in total. The van der Waals surface area contributed by atoms with E-state index in [9.17, 15) is 14.7 Å². The minimum absolute atomic E-state index is 0.000813. The number of allylic oxidation sites excluding steroid dienone is 3. The van der Waals surface area contributed by atoms with Gasteiger partial charge in [-0.3, -0.25) is 9.59 Å². The van der Waals surface area contributed by atoms with Gasteiger partial charge >= 0.3 is 5.97 Å². The number of amides is 1. The summed E-state index contributed by atoms with van der Waals surface area (Å²) in [4.78, 5) is 26.6. The van der Waals surface area contributed by atoms with Crippen LogP contribution in [-0.2, 0) is 9.53 Å². The highest BCUT2D eigenvalue weighted by molar-refractivity contribution is 5.95. The van der Waals surface area contributed by atoms with Gasteiger partial charge in [0, 0.05) is 36.1 Å². The van der Waals surface area contributed by atoms with Crippen molar-refractivity contribution >= 4 is 11.9 Å². The van der Waals surface area contributed by atoms with E-state index in [-0.39, 0.29) is 24.5 Å². The smallest absolute Gasteiger partial charge is 0.315 e. The van der Waals surface area contributed by atoms with E-state index in [4.69, 9.17) is 14.7 Å². The Bertz CT molecular complexity index is 1140. The molecule has 0 aromatic heterocycles. The van der Waals surface area contributed by atoms with Crippen molar-refractivity contribution in [3.8, 4) is 11.8 Å². The number of carboxylic acid groups (broad SMARTS) is 1. The molecule has 3 aliphatic rings. The lowest BCUT2D eigenvalue weighted by Crippen LogP contribution is -2.40. The van der Waals surface area contributed by atoms with Crippen LogP contribution in [0.5, 0.6) is 5.75 Å². The number of carboxylic acids is 1. The lowest BCUT2D eigenvalue weighted by molar-refractivity contribution is -0.150. The van der Waals surface area contributed by atoms with Crippen molar-refractivity contribution < 1.29 is 24.2 Å². The standard InChI is InChI=1S/C27H28N2O5/c1-33-22-8-4-20(5-9-22)24(30)29-17-15-27(18-29,25(31)32)19-34-23-10-6-21(7-11-23)26(12-2-13-26)14-3-16-28/h4-6,8-10H,2-3,12-15,17-19H2,1H3,(H,31,32). The molecule has 4 rings (SSSR count). The number of methoxy groups -OCH3 is 1. The molecule has 0 radical (unpaired) electrons. The Morgan fingerprint density at radius 2 is 1.94 bits per heavy atom. The number of rotatable bonds is 9. The van der Waals surface area contributed by atoms with Crippen molar-refractivity contribution in [1.82, 2.24) is 4.90 Å². The highest BCUT2D eigenvalue weighted by atomic mass is 16.5. The third-order valence-electron chi connectivity index (χ3n) is 7.25. The van der Waals surface area contributed by atoms with Crippen molar-refractivity contribution in [2.45, 2.75) is 38.5 Å². The molecular formula is C27H28N2O5. The van der Waals surface area contributed by atoms with Crippen molar-refractivity contribution in [2.24, 2.45) is 10.8 Å². The first-order chi connectivity index (χ1) is 16.4. The summed E-state index contributed by atoms with van der Waals surface area (Å²) >= 11 is 0. The number of benzene rings is 1.